The number of hydrogen-bond acceptors (Lipinski definition) is 6. The molecule has 0 spiro atoms. The van der Waals surface area contributed by atoms with Crippen molar-refractivity contribution in [2.75, 3.05) is 10.6 Å². The van der Waals surface area contributed by atoms with Crippen LogP contribution in [0.4, 0.5) is 10.8 Å². The van der Waals surface area contributed by atoms with E-state index in [0.29, 0.717) is 16.4 Å². The number of carbonyl (C=O) groups is 3. The zero-order chi connectivity index (χ0) is 31.8. The highest BCUT2D eigenvalue weighted by Crippen LogP contribution is 2.29. The Bertz CT molecular complexity index is 1860. The van der Waals surface area contributed by atoms with Gasteiger partial charge in [0.05, 0.1) is 10.9 Å². The van der Waals surface area contributed by atoms with Crippen molar-refractivity contribution < 1.29 is 14.4 Å². The highest BCUT2D eigenvalue weighted by molar-refractivity contribution is 9.10. The van der Waals surface area contributed by atoms with Gasteiger partial charge in [0.1, 0.15) is 5.70 Å². The fraction of sp³-hybridized carbons (Fsp3) is 0.0857. The van der Waals surface area contributed by atoms with Crippen molar-refractivity contribution >= 4 is 73.6 Å². The van der Waals surface area contributed by atoms with Crippen LogP contribution >= 0.6 is 39.0 Å². The number of hydrogen-bond donors (Lipinski definition) is 3. The van der Waals surface area contributed by atoms with E-state index in [4.69, 9.17) is 0 Å². The van der Waals surface area contributed by atoms with E-state index in [0.717, 1.165) is 31.8 Å². The van der Waals surface area contributed by atoms with Crippen molar-refractivity contribution in [1.82, 2.24) is 10.3 Å². The minimum atomic E-state index is -0.473. The number of thiazole rings is 1. The van der Waals surface area contributed by atoms with E-state index in [9.17, 15) is 14.4 Å². The quantitative estimate of drug-likeness (QED) is 0.101. The van der Waals surface area contributed by atoms with Gasteiger partial charge in [-0.05, 0) is 68.0 Å². The van der Waals surface area contributed by atoms with Gasteiger partial charge in [-0.2, -0.15) is 0 Å². The highest BCUT2D eigenvalue weighted by atomic mass is 79.9. The maximum Gasteiger partial charge on any atom is 0.272 e. The molecule has 5 rings (SSSR count). The summed E-state index contributed by atoms with van der Waals surface area (Å²) < 4.78 is 0.985. The first-order valence-electron chi connectivity index (χ1n) is 14.0. The van der Waals surface area contributed by atoms with Gasteiger partial charge in [-0.15, -0.1) is 23.1 Å². The van der Waals surface area contributed by atoms with E-state index in [1.807, 2.05) is 79.9 Å². The molecule has 1 aromatic heterocycles. The van der Waals surface area contributed by atoms with Crippen LogP contribution in [0.15, 0.2) is 124 Å². The number of amides is 3. The van der Waals surface area contributed by atoms with Gasteiger partial charge in [0, 0.05) is 31.6 Å². The van der Waals surface area contributed by atoms with E-state index in [-0.39, 0.29) is 11.6 Å². The molecule has 3 amide bonds. The molecular weight excluding hydrogens is 668 g/mol. The predicted molar refractivity (Wildman–Crippen MR) is 187 cm³/mol. The van der Waals surface area contributed by atoms with Crippen LogP contribution in [0, 0.1) is 6.92 Å². The lowest BCUT2D eigenvalue weighted by Crippen LogP contribution is -2.30. The lowest BCUT2D eigenvalue weighted by molar-refractivity contribution is -0.115. The summed E-state index contributed by atoms with van der Waals surface area (Å²) in [6.07, 6.45) is 1.65. The van der Waals surface area contributed by atoms with Crippen LogP contribution in [-0.2, 0) is 9.59 Å². The molecule has 0 radical (unpaired) electrons. The SMILES string of the molecule is Cc1cccc(/C=C(/NC(=O)c2ccccc2)C(=O)Nc2cccc(SC(C)C(=O)Nc3nc(-c4ccc(Br)cc4)cs3)c2)c1. The third kappa shape index (κ3) is 9.01. The number of nitrogens with one attached hydrogen (secondary N) is 3. The van der Waals surface area contributed by atoms with Crippen LogP contribution in [0.3, 0.4) is 0 Å². The van der Waals surface area contributed by atoms with Crippen molar-refractivity contribution in [3.05, 3.63) is 135 Å². The summed E-state index contributed by atoms with van der Waals surface area (Å²) in [4.78, 5) is 44.7. The number of aryl methyl sites for hydroxylation is 1. The summed E-state index contributed by atoms with van der Waals surface area (Å²) in [5, 5.41) is 10.6. The summed E-state index contributed by atoms with van der Waals surface area (Å²) in [5.74, 6) is -1.05. The molecule has 0 saturated carbocycles. The Labute approximate surface area is 278 Å². The Kier molecular flexibility index (Phi) is 10.6. The van der Waals surface area contributed by atoms with Crippen LogP contribution in [0.5, 0.6) is 0 Å². The molecule has 1 atom stereocenters. The zero-order valence-corrected chi connectivity index (χ0v) is 27.6. The molecule has 45 heavy (non-hydrogen) atoms. The van der Waals surface area contributed by atoms with Gasteiger partial charge in [0.15, 0.2) is 5.13 Å². The molecule has 0 aliphatic heterocycles. The predicted octanol–water partition coefficient (Wildman–Crippen LogP) is 8.41. The molecule has 0 saturated heterocycles. The third-order valence-electron chi connectivity index (χ3n) is 6.53. The molecule has 0 bridgehead atoms. The van der Waals surface area contributed by atoms with Crippen molar-refractivity contribution in [3.63, 3.8) is 0 Å². The molecule has 1 heterocycles. The second-order valence-corrected chi connectivity index (χ2v) is 13.3. The molecule has 226 valence electrons. The lowest BCUT2D eigenvalue weighted by Gasteiger charge is -2.14. The molecule has 4 aromatic carbocycles. The molecular formula is C35H29BrN4O3S2. The molecule has 0 fully saturated rings. The Morgan fingerprint density at radius 1 is 0.889 bits per heavy atom. The molecule has 3 N–H and O–H groups in total. The summed E-state index contributed by atoms with van der Waals surface area (Å²) in [6.45, 7) is 3.78. The first kappa shape index (κ1) is 31.9. The molecule has 0 aliphatic rings. The van der Waals surface area contributed by atoms with Gasteiger partial charge in [0.2, 0.25) is 5.91 Å². The number of thioether (sulfide) groups is 1. The number of aromatic nitrogens is 1. The van der Waals surface area contributed by atoms with Crippen LogP contribution in [-0.4, -0.2) is 28.0 Å². The van der Waals surface area contributed by atoms with E-state index in [1.54, 1.807) is 48.5 Å². The Morgan fingerprint density at radius 2 is 1.64 bits per heavy atom. The number of nitrogens with zero attached hydrogens (tertiary/aromatic N) is 1. The van der Waals surface area contributed by atoms with E-state index >= 15 is 0 Å². The van der Waals surface area contributed by atoms with Crippen molar-refractivity contribution in [3.8, 4) is 11.3 Å². The van der Waals surface area contributed by atoms with Crippen molar-refractivity contribution in [2.24, 2.45) is 0 Å². The Balaban J connectivity index is 1.25. The number of halogens is 1. The fourth-order valence-electron chi connectivity index (χ4n) is 4.26. The molecule has 5 aromatic rings. The zero-order valence-electron chi connectivity index (χ0n) is 24.4. The van der Waals surface area contributed by atoms with Crippen molar-refractivity contribution in [2.45, 2.75) is 24.0 Å². The van der Waals surface area contributed by atoms with Gasteiger partial charge in [-0.3, -0.25) is 14.4 Å². The van der Waals surface area contributed by atoms with Crippen LogP contribution in [0.25, 0.3) is 17.3 Å². The smallest absolute Gasteiger partial charge is 0.272 e. The van der Waals surface area contributed by atoms with Gasteiger partial charge in [0.25, 0.3) is 11.8 Å². The standard InChI is InChI=1S/C35H29BrN4O3S2/c1-22-8-6-9-24(18-22)19-30(38-33(42)26-10-4-3-5-11-26)34(43)37-28-12-7-13-29(20-28)45-23(2)32(41)40-35-39-31(21-44-35)25-14-16-27(36)17-15-25/h3-21,23H,1-2H3,(H,37,43)(H,38,42)(H,39,40,41)/b30-19+. The Hall–Kier alpha value is -4.51. The molecule has 7 nitrogen and oxygen atoms in total. The average molecular weight is 698 g/mol. The fourth-order valence-corrected chi connectivity index (χ4v) is 6.18. The summed E-state index contributed by atoms with van der Waals surface area (Å²) in [5.41, 5.74) is 4.64. The van der Waals surface area contributed by atoms with Crippen molar-refractivity contribution in [1.29, 1.82) is 0 Å². The first-order chi connectivity index (χ1) is 21.7. The largest absolute Gasteiger partial charge is 0.321 e. The van der Waals surface area contributed by atoms with Gasteiger partial charge in [-0.1, -0.05) is 82.2 Å². The number of carbonyl (C=O) groups excluding carboxylic acids is 3. The molecule has 0 aliphatic carbocycles. The number of benzene rings is 4. The normalized spacial score (nSPS) is 11.8. The Morgan fingerprint density at radius 3 is 2.40 bits per heavy atom. The summed E-state index contributed by atoms with van der Waals surface area (Å²) in [6, 6.07) is 31.4. The van der Waals surface area contributed by atoms with Crippen LogP contribution in [0.2, 0.25) is 0 Å². The van der Waals surface area contributed by atoms with Gasteiger partial charge < -0.3 is 16.0 Å². The first-order valence-corrected chi connectivity index (χ1v) is 16.5. The van der Waals surface area contributed by atoms with Gasteiger partial charge in [-0.25, -0.2) is 4.98 Å². The molecule has 1 unspecified atom stereocenters. The molecule has 10 heteroatoms. The van der Waals surface area contributed by atoms with E-state index < -0.39 is 17.1 Å². The van der Waals surface area contributed by atoms with E-state index in [2.05, 4.69) is 36.9 Å². The van der Waals surface area contributed by atoms with E-state index in [1.165, 1.54) is 23.1 Å². The minimum Gasteiger partial charge on any atom is -0.321 e. The highest BCUT2D eigenvalue weighted by Gasteiger charge is 2.18. The maximum atomic E-state index is 13.5. The second kappa shape index (κ2) is 15.0. The van der Waals surface area contributed by atoms with Crippen LogP contribution in [0.1, 0.15) is 28.4 Å². The lowest BCUT2D eigenvalue weighted by atomic mass is 10.1. The number of anilines is 2. The maximum absolute atomic E-state index is 13.5. The number of rotatable bonds is 10. The summed E-state index contributed by atoms with van der Waals surface area (Å²) >= 11 is 6.17. The van der Waals surface area contributed by atoms with Crippen LogP contribution < -0.4 is 16.0 Å². The third-order valence-corrected chi connectivity index (χ3v) is 8.91. The second-order valence-electron chi connectivity index (χ2n) is 10.1. The summed E-state index contributed by atoms with van der Waals surface area (Å²) in [7, 11) is 0. The minimum absolute atomic E-state index is 0.103. The average Bonchev–Trinajstić information content (AvgIpc) is 3.50. The topological polar surface area (TPSA) is 100 Å². The monoisotopic (exact) mass is 696 g/mol. The van der Waals surface area contributed by atoms with Gasteiger partial charge >= 0.3 is 0 Å².